The van der Waals surface area contributed by atoms with Crippen LogP contribution >= 0.6 is 12.1 Å². The van der Waals surface area contributed by atoms with Crippen molar-refractivity contribution >= 4 is 17.8 Å². The molecule has 17 heavy (non-hydrogen) atoms. The average molecular weight is 363 g/mol. The molecule has 92 valence electrons. The second-order valence-corrected chi connectivity index (χ2v) is 4.20. The molecule has 0 amide bonds. The van der Waals surface area contributed by atoms with Crippen molar-refractivity contribution < 1.29 is 33.4 Å². The molecule has 0 atom stereocenters. The van der Waals surface area contributed by atoms with E-state index in [1.807, 2.05) is 36.9 Å². The third kappa shape index (κ3) is 3.97. The minimum Gasteiger partial charge on any atom is -1.00 e. The summed E-state index contributed by atoms with van der Waals surface area (Å²) < 4.78 is 8.12. The lowest BCUT2D eigenvalue weighted by Gasteiger charge is -2.08. The smallest absolute Gasteiger partial charge is 0.177 e. The van der Waals surface area contributed by atoms with E-state index < -0.39 is 0 Å². The molecule has 0 fully saturated rings. The first-order valence-electron chi connectivity index (χ1n) is 5.05. The number of hydroxylamine groups is 1. The molecular weight excluding hydrogens is 349 g/mol. The summed E-state index contributed by atoms with van der Waals surface area (Å²) in [4.78, 5) is 5.33. The van der Waals surface area contributed by atoms with Crippen molar-refractivity contribution in [3.8, 4) is 0 Å². The van der Waals surface area contributed by atoms with Crippen molar-refractivity contribution in [3.63, 3.8) is 0 Å². The van der Waals surface area contributed by atoms with Crippen LogP contribution in [0.25, 0.3) is 0 Å². The molecule has 0 radical (unpaired) electrons. The van der Waals surface area contributed by atoms with E-state index in [9.17, 15) is 0 Å². The van der Waals surface area contributed by atoms with Crippen LogP contribution < -0.4 is 28.5 Å². The van der Waals surface area contributed by atoms with E-state index in [0.29, 0.717) is 6.54 Å². The minimum absolute atomic E-state index is 0. The quantitative estimate of drug-likeness (QED) is 0.288. The standard InChI is InChI=1S/C11H14N3OS.HI/c1-3-7-15-14-9-11(12-16-14)10-5-4-6-13(2)8-10;/h3-8H,9H2,1-2H3;1H/q+1;/p-1. The topological polar surface area (TPSA) is 28.7 Å². The van der Waals surface area contributed by atoms with Gasteiger partial charge in [-0.3, -0.25) is 0 Å². The van der Waals surface area contributed by atoms with Gasteiger partial charge in [0.15, 0.2) is 12.4 Å². The third-order valence-electron chi connectivity index (χ3n) is 2.11. The summed E-state index contributed by atoms with van der Waals surface area (Å²) in [5, 5.41) is 0. The molecule has 2 heterocycles. The lowest BCUT2D eigenvalue weighted by Crippen LogP contribution is -3.00. The van der Waals surface area contributed by atoms with Gasteiger partial charge in [-0.25, -0.2) is 4.57 Å². The van der Waals surface area contributed by atoms with Gasteiger partial charge < -0.3 is 28.8 Å². The van der Waals surface area contributed by atoms with Crippen LogP contribution in [0, 0.1) is 0 Å². The number of allylic oxidation sites excluding steroid dienone is 1. The lowest BCUT2D eigenvalue weighted by molar-refractivity contribution is -0.671. The van der Waals surface area contributed by atoms with Crippen LogP contribution in [0.2, 0.25) is 0 Å². The largest absolute Gasteiger partial charge is 1.00 e. The molecule has 0 aliphatic carbocycles. The number of pyridine rings is 1. The van der Waals surface area contributed by atoms with Crippen molar-refractivity contribution in [2.75, 3.05) is 6.54 Å². The number of hydrogen-bond donors (Lipinski definition) is 0. The Hall–Kier alpha value is -0.600. The molecule has 1 aromatic rings. The molecular formula is C11H14IN3OS. The van der Waals surface area contributed by atoms with Gasteiger partial charge in [0.1, 0.15) is 13.3 Å². The highest BCUT2D eigenvalue weighted by molar-refractivity contribution is 7.96. The molecule has 0 bridgehead atoms. The molecule has 1 aliphatic heterocycles. The average Bonchev–Trinajstić information content (AvgIpc) is 2.75. The molecule has 4 nitrogen and oxygen atoms in total. The fourth-order valence-corrected chi connectivity index (χ4v) is 1.98. The van der Waals surface area contributed by atoms with Crippen molar-refractivity contribution in [2.24, 2.45) is 11.4 Å². The molecule has 6 heteroatoms. The predicted octanol–water partition coefficient (Wildman–Crippen LogP) is -1.35. The summed E-state index contributed by atoms with van der Waals surface area (Å²) in [5.41, 5.74) is 2.16. The normalized spacial score (nSPS) is 15.8. The Morgan fingerprint density at radius 3 is 3.12 bits per heavy atom. The van der Waals surface area contributed by atoms with Gasteiger partial charge in [0.2, 0.25) is 0 Å². The summed E-state index contributed by atoms with van der Waals surface area (Å²) in [7, 11) is 2.00. The van der Waals surface area contributed by atoms with Crippen LogP contribution in [0.1, 0.15) is 12.5 Å². The van der Waals surface area contributed by atoms with Crippen LogP contribution in [-0.4, -0.2) is 16.7 Å². The van der Waals surface area contributed by atoms with Crippen molar-refractivity contribution in [2.45, 2.75) is 6.92 Å². The Balaban J connectivity index is 0.00000144. The van der Waals surface area contributed by atoms with E-state index in [1.165, 1.54) is 12.1 Å². The van der Waals surface area contributed by atoms with Gasteiger partial charge in [-0.1, -0.05) is 10.5 Å². The van der Waals surface area contributed by atoms with E-state index in [1.54, 1.807) is 10.7 Å². The molecule has 1 aliphatic rings. The fourth-order valence-electron chi connectivity index (χ4n) is 1.36. The summed E-state index contributed by atoms with van der Waals surface area (Å²) >= 11 is 1.33. The van der Waals surface area contributed by atoms with Crippen LogP contribution in [-0.2, 0) is 11.9 Å². The Bertz CT molecular complexity index is 436. The Morgan fingerprint density at radius 1 is 1.59 bits per heavy atom. The number of aryl methyl sites for hydroxylation is 1. The summed E-state index contributed by atoms with van der Waals surface area (Å²) in [5.74, 6) is 0. The minimum atomic E-state index is 0. The maximum Gasteiger partial charge on any atom is 0.177 e. The maximum absolute atomic E-state index is 5.33. The van der Waals surface area contributed by atoms with Gasteiger partial charge in [0, 0.05) is 6.07 Å². The van der Waals surface area contributed by atoms with Crippen molar-refractivity contribution in [1.29, 1.82) is 0 Å². The van der Waals surface area contributed by atoms with Crippen LogP contribution in [0.15, 0.2) is 41.3 Å². The fraction of sp³-hybridized carbons (Fsp3) is 0.273. The summed E-state index contributed by atoms with van der Waals surface area (Å²) in [6.07, 6.45) is 7.55. The molecule has 0 saturated carbocycles. The summed E-state index contributed by atoms with van der Waals surface area (Å²) in [6.45, 7) is 2.61. The summed E-state index contributed by atoms with van der Waals surface area (Å²) in [6, 6.07) is 4.07. The van der Waals surface area contributed by atoms with Crippen molar-refractivity contribution in [3.05, 3.63) is 42.4 Å². The lowest BCUT2D eigenvalue weighted by atomic mass is 10.2. The SMILES string of the molecule is CC=CON1CC(c2ccc[n+](C)c2)=NS1.[I-]. The van der Waals surface area contributed by atoms with E-state index in [2.05, 4.69) is 16.7 Å². The highest BCUT2D eigenvalue weighted by atomic mass is 127. The van der Waals surface area contributed by atoms with Gasteiger partial charge in [-0.05, 0) is 13.0 Å². The molecule has 1 aromatic heterocycles. The number of aromatic nitrogens is 1. The zero-order chi connectivity index (χ0) is 11.4. The second-order valence-electron chi connectivity index (χ2n) is 3.44. The highest BCUT2D eigenvalue weighted by Crippen LogP contribution is 2.22. The van der Waals surface area contributed by atoms with Gasteiger partial charge in [-0.15, -0.1) is 0 Å². The molecule has 2 rings (SSSR count). The molecule has 0 N–H and O–H groups in total. The van der Waals surface area contributed by atoms with Crippen LogP contribution in [0.5, 0.6) is 0 Å². The molecule has 0 spiro atoms. The first-order chi connectivity index (χ1) is 7.79. The predicted molar refractivity (Wildman–Crippen MR) is 64.4 cm³/mol. The number of halogens is 1. The number of hydrogen-bond acceptors (Lipinski definition) is 4. The Kier molecular flexibility index (Phi) is 5.93. The monoisotopic (exact) mass is 363 g/mol. The van der Waals surface area contributed by atoms with E-state index in [0.717, 1.165) is 11.3 Å². The van der Waals surface area contributed by atoms with Crippen LogP contribution in [0.3, 0.4) is 0 Å². The highest BCUT2D eigenvalue weighted by Gasteiger charge is 2.20. The van der Waals surface area contributed by atoms with E-state index in [-0.39, 0.29) is 24.0 Å². The first-order valence-corrected chi connectivity index (χ1v) is 5.78. The maximum atomic E-state index is 5.33. The Morgan fingerprint density at radius 2 is 2.41 bits per heavy atom. The molecule has 0 saturated heterocycles. The van der Waals surface area contributed by atoms with Crippen LogP contribution in [0.4, 0.5) is 0 Å². The zero-order valence-electron chi connectivity index (χ0n) is 9.71. The number of nitrogens with zero attached hydrogens (tertiary/aromatic N) is 3. The molecule has 0 unspecified atom stereocenters. The second kappa shape index (κ2) is 6.97. The van der Waals surface area contributed by atoms with E-state index in [4.69, 9.17) is 4.84 Å². The van der Waals surface area contributed by atoms with Crippen molar-refractivity contribution in [1.82, 2.24) is 4.47 Å². The number of rotatable bonds is 3. The first kappa shape index (κ1) is 14.5. The molecule has 0 aromatic carbocycles. The van der Waals surface area contributed by atoms with E-state index >= 15 is 0 Å². The Labute approximate surface area is 123 Å². The zero-order valence-corrected chi connectivity index (χ0v) is 12.7. The van der Waals surface area contributed by atoms with Gasteiger partial charge in [0.25, 0.3) is 0 Å². The van der Waals surface area contributed by atoms with Gasteiger partial charge >= 0.3 is 0 Å². The van der Waals surface area contributed by atoms with Gasteiger partial charge in [-0.2, -0.15) is 4.40 Å². The third-order valence-corrected chi connectivity index (χ3v) is 2.81. The van der Waals surface area contributed by atoms with Gasteiger partial charge in [0.05, 0.1) is 30.0 Å².